The number of carbonyl (C=O) groups excluding carboxylic acids is 1. The largest absolute Gasteiger partial charge is 0.389 e. The van der Waals surface area contributed by atoms with E-state index < -0.39 is 6.10 Å². The second-order valence-corrected chi connectivity index (χ2v) is 6.37. The monoisotopic (exact) mass is 281 g/mol. The number of carbonyl (C=O) groups is 1. The Hall–Kier alpha value is -1.00. The number of thioether (sulfide) groups is 1. The van der Waals surface area contributed by atoms with E-state index in [4.69, 9.17) is 0 Å². The number of hydrogen-bond donors (Lipinski definition) is 2. The number of benzene rings is 1. The van der Waals surface area contributed by atoms with Gasteiger partial charge in [0.1, 0.15) is 0 Å². The molecule has 0 saturated carbocycles. The van der Waals surface area contributed by atoms with Gasteiger partial charge in [0.25, 0.3) is 0 Å². The number of rotatable bonds is 6. The molecule has 0 saturated heterocycles. The van der Waals surface area contributed by atoms with Crippen molar-refractivity contribution in [1.82, 2.24) is 5.32 Å². The molecule has 0 radical (unpaired) electrons. The molecule has 1 amide bonds. The molecule has 19 heavy (non-hydrogen) atoms. The topological polar surface area (TPSA) is 49.3 Å². The first-order chi connectivity index (χ1) is 8.84. The van der Waals surface area contributed by atoms with E-state index in [1.165, 1.54) is 11.8 Å². The van der Waals surface area contributed by atoms with E-state index in [2.05, 4.69) is 12.2 Å². The van der Waals surface area contributed by atoms with Gasteiger partial charge in [0, 0.05) is 10.4 Å². The summed E-state index contributed by atoms with van der Waals surface area (Å²) in [5, 5.41) is 12.4. The summed E-state index contributed by atoms with van der Waals surface area (Å²) in [5.74, 6) is 0.466. The van der Waals surface area contributed by atoms with Crippen molar-refractivity contribution >= 4 is 17.7 Å². The predicted molar refractivity (Wildman–Crippen MR) is 80.3 cm³/mol. The molecule has 0 aliphatic carbocycles. The van der Waals surface area contributed by atoms with Crippen LogP contribution in [0.1, 0.15) is 45.8 Å². The number of aliphatic hydroxyl groups is 1. The Labute approximate surface area is 119 Å². The highest BCUT2D eigenvalue weighted by Gasteiger charge is 2.17. The standard InChI is InChI=1S/C15H23NO2S/c1-5-15(3,4)16-14(18)10-19-13-8-6-12(7-9-13)11(2)17/h6-9,11,17H,5,10H2,1-4H3,(H,16,18). The summed E-state index contributed by atoms with van der Waals surface area (Å²) in [6.07, 6.45) is 0.458. The fourth-order valence-electron chi connectivity index (χ4n) is 1.49. The lowest BCUT2D eigenvalue weighted by Crippen LogP contribution is -2.43. The lowest BCUT2D eigenvalue weighted by atomic mass is 10.0. The first-order valence-electron chi connectivity index (χ1n) is 6.56. The third-order valence-corrected chi connectivity index (χ3v) is 4.11. The molecule has 3 nitrogen and oxygen atoms in total. The van der Waals surface area contributed by atoms with Gasteiger partial charge >= 0.3 is 0 Å². The Morgan fingerprint density at radius 2 is 1.95 bits per heavy atom. The zero-order chi connectivity index (χ0) is 14.5. The molecule has 1 aromatic carbocycles. The molecule has 1 aromatic rings. The van der Waals surface area contributed by atoms with Crippen molar-refractivity contribution in [2.24, 2.45) is 0 Å². The molecule has 0 bridgehead atoms. The van der Waals surface area contributed by atoms with E-state index in [0.29, 0.717) is 5.75 Å². The number of nitrogens with one attached hydrogen (secondary N) is 1. The molecule has 0 heterocycles. The van der Waals surface area contributed by atoms with Gasteiger partial charge in [-0.2, -0.15) is 0 Å². The van der Waals surface area contributed by atoms with Crippen LogP contribution in [0.4, 0.5) is 0 Å². The molecule has 0 aromatic heterocycles. The Morgan fingerprint density at radius 1 is 1.37 bits per heavy atom. The lowest BCUT2D eigenvalue weighted by Gasteiger charge is -2.24. The number of hydrogen-bond acceptors (Lipinski definition) is 3. The minimum atomic E-state index is -0.451. The third kappa shape index (κ3) is 5.66. The smallest absolute Gasteiger partial charge is 0.230 e. The average molecular weight is 281 g/mol. The van der Waals surface area contributed by atoms with E-state index in [0.717, 1.165) is 16.9 Å². The van der Waals surface area contributed by atoms with Crippen molar-refractivity contribution < 1.29 is 9.90 Å². The lowest BCUT2D eigenvalue weighted by molar-refractivity contribution is -0.120. The fraction of sp³-hybridized carbons (Fsp3) is 0.533. The minimum absolute atomic E-state index is 0.0523. The molecule has 2 N–H and O–H groups in total. The molecule has 1 unspecified atom stereocenters. The van der Waals surface area contributed by atoms with Crippen LogP contribution in [0, 0.1) is 0 Å². The molecule has 0 fully saturated rings. The van der Waals surface area contributed by atoms with Gasteiger partial charge < -0.3 is 10.4 Å². The quantitative estimate of drug-likeness (QED) is 0.788. The van der Waals surface area contributed by atoms with Gasteiger partial charge in [0.2, 0.25) is 5.91 Å². The van der Waals surface area contributed by atoms with Gasteiger partial charge in [0.05, 0.1) is 11.9 Å². The van der Waals surface area contributed by atoms with Crippen molar-refractivity contribution in [2.45, 2.75) is 50.7 Å². The van der Waals surface area contributed by atoms with Gasteiger partial charge in [0.15, 0.2) is 0 Å². The highest BCUT2D eigenvalue weighted by molar-refractivity contribution is 8.00. The zero-order valence-electron chi connectivity index (χ0n) is 12.1. The normalized spacial score (nSPS) is 13.1. The van der Waals surface area contributed by atoms with Crippen LogP contribution in [0.5, 0.6) is 0 Å². The molecule has 0 spiro atoms. The third-order valence-electron chi connectivity index (χ3n) is 3.09. The van der Waals surface area contributed by atoms with Crippen LogP contribution in [0.2, 0.25) is 0 Å². The Kier molecular flexibility index (Phi) is 5.88. The summed E-state index contributed by atoms with van der Waals surface area (Å²) in [6, 6.07) is 7.65. The maximum Gasteiger partial charge on any atom is 0.230 e. The van der Waals surface area contributed by atoms with Crippen molar-refractivity contribution in [1.29, 1.82) is 0 Å². The van der Waals surface area contributed by atoms with Crippen LogP contribution in [-0.4, -0.2) is 22.3 Å². The maximum absolute atomic E-state index is 11.8. The van der Waals surface area contributed by atoms with Crippen LogP contribution >= 0.6 is 11.8 Å². The summed E-state index contributed by atoms with van der Waals surface area (Å²) >= 11 is 1.51. The second-order valence-electron chi connectivity index (χ2n) is 5.32. The Bertz CT molecular complexity index is 413. The van der Waals surface area contributed by atoms with Crippen molar-refractivity contribution in [2.75, 3.05) is 5.75 Å². The van der Waals surface area contributed by atoms with Crippen LogP contribution in [0.25, 0.3) is 0 Å². The van der Waals surface area contributed by atoms with Crippen molar-refractivity contribution in [3.05, 3.63) is 29.8 Å². The Morgan fingerprint density at radius 3 is 2.42 bits per heavy atom. The van der Waals surface area contributed by atoms with Gasteiger partial charge in [-0.25, -0.2) is 0 Å². The molecule has 0 aliphatic heterocycles. The Balaban J connectivity index is 2.46. The van der Waals surface area contributed by atoms with Gasteiger partial charge in [-0.3, -0.25) is 4.79 Å². The summed E-state index contributed by atoms with van der Waals surface area (Å²) < 4.78 is 0. The summed E-state index contributed by atoms with van der Waals surface area (Å²) in [7, 11) is 0. The molecule has 106 valence electrons. The van der Waals surface area contributed by atoms with Crippen LogP contribution < -0.4 is 5.32 Å². The van der Waals surface area contributed by atoms with E-state index in [1.54, 1.807) is 6.92 Å². The molecule has 4 heteroatoms. The minimum Gasteiger partial charge on any atom is -0.389 e. The van der Waals surface area contributed by atoms with Crippen molar-refractivity contribution in [3.8, 4) is 0 Å². The van der Waals surface area contributed by atoms with E-state index in [9.17, 15) is 9.90 Å². The summed E-state index contributed by atoms with van der Waals surface area (Å²) in [4.78, 5) is 12.8. The highest BCUT2D eigenvalue weighted by Crippen LogP contribution is 2.21. The van der Waals surface area contributed by atoms with Gasteiger partial charge in [-0.15, -0.1) is 11.8 Å². The molecule has 0 aliphatic rings. The average Bonchev–Trinajstić information content (AvgIpc) is 2.36. The van der Waals surface area contributed by atoms with E-state index >= 15 is 0 Å². The molecule has 1 rings (SSSR count). The number of aliphatic hydroxyl groups excluding tert-OH is 1. The second kappa shape index (κ2) is 6.96. The first kappa shape index (κ1) is 16.1. The van der Waals surface area contributed by atoms with Gasteiger partial charge in [-0.1, -0.05) is 19.1 Å². The maximum atomic E-state index is 11.8. The van der Waals surface area contributed by atoms with Crippen molar-refractivity contribution in [3.63, 3.8) is 0 Å². The van der Waals surface area contributed by atoms with Gasteiger partial charge in [-0.05, 0) is 44.9 Å². The molecular weight excluding hydrogens is 258 g/mol. The fourth-order valence-corrected chi connectivity index (χ4v) is 2.19. The summed E-state index contributed by atoms with van der Waals surface area (Å²) in [5.41, 5.74) is 0.745. The first-order valence-corrected chi connectivity index (χ1v) is 7.54. The van der Waals surface area contributed by atoms with Crippen LogP contribution in [0.3, 0.4) is 0 Å². The molecule has 1 atom stereocenters. The summed E-state index contributed by atoms with van der Waals surface area (Å²) in [6.45, 7) is 7.84. The predicted octanol–water partition coefficient (Wildman–Crippen LogP) is 3.14. The highest BCUT2D eigenvalue weighted by atomic mass is 32.2. The molecular formula is C15H23NO2S. The van der Waals surface area contributed by atoms with E-state index in [-0.39, 0.29) is 11.4 Å². The number of amides is 1. The van der Waals surface area contributed by atoms with Crippen LogP contribution in [0.15, 0.2) is 29.2 Å². The van der Waals surface area contributed by atoms with Crippen LogP contribution in [-0.2, 0) is 4.79 Å². The SMILES string of the molecule is CCC(C)(C)NC(=O)CSc1ccc(C(C)O)cc1. The van der Waals surface area contributed by atoms with E-state index in [1.807, 2.05) is 38.1 Å². The zero-order valence-corrected chi connectivity index (χ0v) is 12.9.